The number of rotatable bonds is 4. The van der Waals surface area contributed by atoms with E-state index in [-0.39, 0.29) is 11.9 Å². The van der Waals surface area contributed by atoms with Crippen LogP contribution >= 0.6 is 0 Å². The second-order valence-electron chi connectivity index (χ2n) is 5.75. The van der Waals surface area contributed by atoms with Gasteiger partial charge in [0.05, 0.1) is 0 Å². The second-order valence-corrected chi connectivity index (χ2v) is 5.75. The molecule has 1 aliphatic rings. The molecular weight excluding hydrogens is 304 g/mol. The lowest BCUT2D eigenvalue weighted by molar-refractivity contribution is -0.124. The van der Waals surface area contributed by atoms with Gasteiger partial charge in [0.2, 0.25) is 5.91 Å². The van der Waals surface area contributed by atoms with Gasteiger partial charge >= 0.3 is 6.03 Å². The molecule has 1 atom stereocenters. The Morgan fingerprint density at radius 3 is 2.75 bits per heavy atom. The second kappa shape index (κ2) is 7.59. The summed E-state index contributed by atoms with van der Waals surface area (Å²) in [4.78, 5) is 27.6. The number of amides is 3. The maximum atomic E-state index is 11.9. The van der Waals surface area contributed by atoms with Crippen molar-refractivity contribution in [3.8, 4) is 11.1 Å². The quantitative estimate of drug-likeness (QED) is 0.802. The van der Waals surface area contributed by atoms with Crippen molar-refractivity contribution in [3.63, 3.8) is 0 Å². The number of carbonyl (C=O) groups excluding carboxylic acids is 2. The first-order valence-electron chi connectivity index (χ1n) is 8.04. The molecule has 1 aliphatic heterocycles. The standard InChI is InChI=1S/C18H20N4O2/c23-17-16(4-2-10-20-17)22-18(24)21-11-13-5-7-14(8-6-13)15-3-1-9-19-12-15/h1,3,5-9,12,16H,2,4,10-11H2,(H,20,23)(H2,21,22,24)/t16-/m1/s1. The molecule has 1 aromatic carbocycles. The van der Waals surface area contributed by atoms with Crippen LogP contribution in [0.1, 0.15) is 18.4 Å². The Balaban J connectivity index is 1.51. The summed E-state index contributed by atoms with van der Waals surface area (Å²) in [6.45, 7) is 1.09. The van der Waals surface area contributed by atoms with E-state index in [1.165, 1.54) is 0 Å². The first-order chi connectivity index (χ1) is 11.7. The van der Waals surface area contributed by atoms with Gasteiger partial charge in [0.25, 0.3) is 0 Å². The van der Waals surface area contributed by atoms with Gasteiger partial charge in [-0.05, 0) is 35.6 Å². The molecule has 0 spiro atoms. The molecule has 2 aromatic rings. The van der Waals surface area contributed by atoms with Gasteiger partial charge in [0.15, 0.2) is 0 Å². The van der Waals surface area contributed by atoms with Crippen molar-refractivity contribution < 1.29 is 9.59 Å². The molecule has 0 saturated carbocycles. The van der Waals surface area contributed by atoms with Crippen LogP contribution in [0.3, 0.4) is 0 Å². The topological polar surface area (TPSA) is 83.1 Å². The van der Waals surface area contributed by atoms with Crippen molar-refractivity contribution >= 4 is 11.9 Å². The largest absolute Gasteiger partial charge is 0.354 e. The molecule has 3 amide bonds. The number of aromatic nitrogens is 1. The Bertz CT molecular complexity index is 701. The van der Waals surface area contributed by atoms with E-state index in [9.17, 15) is 9.59 Å². The van der Waals surface area contributed by atoms with Gasteiger partial charge in [-0.25, -0.2) is 4.79 Å². The van der Waals surface area contributed by atoms with Crippen LogP contribution < -0.4 is 16.0 Å². The Morgan fingerprint density at radius 2 is 2.04 bits per heavy atom. The minimum atomic E-state index is -0.438. The van der Waals surface area contributed by atoms with Crippen LogP contribution in [0.2, 0.25) is 0 Å². The number of urea groups is 1. The maximum Gasteiger partial charge on any atom is 0.315 e. The zero-order valence-corrected chi connectivity index (χ0v) is 13.3. The third-order valence-corrected chi connectivity index (χ3v) is 3.99. The summed E-state index contributed by atoms with van der Waals surface area (Å²) >= 11 is 0. The highest BCUT2D eigenvalue weighted by molar-refractivity contribution is 5.87. The molecule has 24 heavy (non-hydrogen) atoms. The van der Waals surface area contributed by atoms with Crippen LogP contribution in [0.4, 0.5) is 4.79 Å². The highest BCUT2D eigenvalue weighted by atomic mass is 16.2. The third-order valence-electron chi connectivity index (χ3n) is 3.99. The van der Waals surface area contributed by atoms with Crippen LogP contribution in [0.25, 0.3) is 11.1 Å². The van der Waals surface area contributed by atoms with Crippen LogP contribution in [-0.4, -0.2) is 29.5 Å². The van der Waals surface area contributed by atoms with E-state index in [0.29, 0.717) is 19.5 Å². The normalized spacial score (nSPS) is 17.0. The summed E-state index contributed by atoms with van der Waals surface area (Å²) in [6, 6.07) is 11.1. The molecule has 0 unspecified atom stereocenters. The van der Waals surface area contributed by atoms with Crippen LogP contribution in [0, 0.1) is 0 Å². The zero-order chi connectivity index (χ0) is 16.8. The molecular formula is C18H20N4O2. The summed E-state index contributed by atoms with van der Waals surface area (Å²) in [5.41, 5.74) is 3.12. The van der Waals surface area contributed by atoms with Crippen LogP contribution in [0.15, 0.2) is 48.8 Å². The van der Waals surface area contributed by atoms with Gasteiger partial charge < -0.3 is 16.0 Å². The molecule has 0 radical (unpaired) electrons. The lowest BCUT2D eigenvalue weighted by Gasteiger charge is -2.22. The minimum Gasteiger partial charge on any atom is -0.354 e. The van der Waals surface area contributed by atoms with Gasteiger partial charge in [-0.15, -0.1) is 0 Å². The van der Waals surface area contributed by atoms with E-state index in [1.54, 1.807) is 6.20 Å². The minimum absolute atomic E-state index is 0.114. The lowest BCUT2D eigenvalue weighted by atomic mass is 10.1. The van der Waals surface area contributed by atoms with Crippen molar-refractivity contribution in [3.05, 3.63) is 54.4 Å². The Hall–Kier alpha value is -2.89. The van der Waals surface area contributed by atoms with E-state index >= 15 is 0 Å². The fraction of sp³-hybridized carbons (Fsp3) is 0.278. The Kier molecular flexibility index (Phi) is 5.05. The number of nitrogens with zero attached hydrogens (tertiary/aromatic N) is 1. The number of nitrogens with one attached hydrogen (secondary N) is 3. The average Bonchev–Trinajstić information content (AvgIpc) is 2.63. The van der Waals surface area contributed by atoms with E-state index in [2.05, 4.69) is 20.9 Å². The molecule has 0 aliphatic carbocycles. The predicted molar refractivity (Wildman–Crippen MR) is 91.1 cm³/mol. The first kappa shape index (κ1) is 16.0. The number of pyridine rings is 1. The van der Waals surface area contributed by atoms with Gasteiger partial charge in [0.1, 0.15) is 6.04 Å². The highest BCUT2D eigenvalue weighted by Crippen LogP contribution is 2.18. The van der Waals surface area contributed by atoms with E-state index in [1.807, 2.05) is 42.6 Å². The number of hydrogen-bond acceptors (Lipinski definition) is 3. The van der Waals surface area contributed by atoms with Gasteiger partial charge in [-0.1, -0.05) is 30.3 Å². The molecule has 0 bridgehead atoms. The molecule has 3 N–H and O–H groups in total. The van der Waals surface area contributed by atoms with Crippen LogP contribution in [0.5, 0.6) is 0 Å². The summed E-state index contributed by atoms with van der Waals surface area (Å²) in [7, 11) is 0. The number of benzene rings is 1. The van der Waals surface area contributed by atoms with Crippen molar-refractivity contribution in [2.45, 2.75) is 25.4 Å². The Labute approximate surface area is 140 Å². The van der Waals surface area contributed by atoms with E-state index in [0.717, 1.165) is 23.1 Å². The summed E-state index contributed by atoms with van der Waals surface area (Å²) in [5, 5.41) is 8.24. The fourth-order valence-corrected chi connectivity index (χ4v) is 2.65. The smallest absolute Gasteiger partial charge is 0.315 e. The third kappa shape index (κ3) is 4.10. The highest BCUT2D eigenvalue weighted by Gasteiger charge is 2.23. The Morgan fingerprint density at radius 1 is 1.21 bits per heavy atom. The van der Waals surface area contributed by atoms with Crippen molar-refractivity contribution in [2.24, 2.45) is 0 Å². The van der Waals surface area contributed by atoms with Gasteiger partial charge in [-0.3, -0.25) is 9.78 Å². The van der Waals surface area contributed by atoms with Gasteiger partial charge in [-0.2, -0.15) is 0 Å². The molecule has 1 fully saturated rings. The van der Waals surface area contributed by atoms with E-state index < -0.39 is 6.04 Å². The molecule has 124 valence electrons. The molecule has 2 heterocycles. The van der Waals surface area contributed by atoms with Crippen molar-refractivity contribution in [2.75, 3.05) is 6.54 Å². The SMILES string of the molecule is O=C(NCc1ccc(-c2cccnc2)cc1)N[C@@H]1CCCNC1=O. The molecule has 1 aromatic heterocycles. The van der Waals surface area contributed by atoms with Crippen LogP contribution in [-0.2, 0) is 11.3 Å². The number of carbonyl (C=O) groups is 2. The molecule has 6 heteroatoms. The summed E-state index contributed by atoms with van der Waals surface area (Å²) < 4.78 is 0. The molecule has 1 saturated heterocycles. The zero-order valence-electron chi connectivity index (χ0n) is 13.3. The van der Waals surface area contributed by atoms with E-state index in [4.69, 9.17) is 0 Å². The lowest BCUT2D eigenvalue weighted by Crippen LogP contribution is -2.52. The molecule has 6 nitrogen and oxygen atoms in total. The number of piperidine rings is 1. The fourth-order valence-electron chi connectivity index (χ4n) is 2.65. The van der Waals surface area contributed by atoms with Crippen molar-refractivity contribution in [1.82, 2.24) is 20.9 Å². The monoisotopic (exact) mass is 324 g/mol. The van der Waals surface area contributed by atoms with Gasteiger partial charge in [0, 0.05) is 25.5 Å². The maximum absolute atomic E-state index is 11.9. The molecule has 3 rings (SSSR count). The van der Waals surface area contributed by atoms with Crippen molar-refractivity contribution in [1.29, 1.82) is 0 Å². The predicted octanol–water partition coefficient (Wildman–Crippen LogP) is 1.83. The summed E-state index contributed by atoms with van der Waals surface area (Å²) in [6.07, 6.45) is 5.12. The number of hydrogen-bond donors (Lipinski definition) is 3. The first-order valence-corrected chi connectivity index (χ1v) is 8.04. The summed E-state index contributed by atoms with van der Waals surface area (Å²) in [5.74, 6) is -0.114. The average molecular weight is 324 g/mol.